The van der Waals surface area contributed by atoms with Gasteiger partial charge in [0.2, 0.25) is 5.91 Å². The molecule has 8 heteroatoms. The molecule has 3 atom stereocenters. The first-order valence-electron chi connectivity index (χ1n) is 11.5. The minimum atomic E-state index is -0.224. The third-order valence-corrected chi connectivity index (χ3v) is 6.07. The van der Waals surface area contributed by atoms with Gasteiger partial charge in [-0.15, -0.1) is 5.10 Å². The van der Waals surface area contributed by atoms with Crippen LogP contribution in [0.2, 0.25) is 0 Å². The lowest BCUT2D eigenvalue weighted by molar-refractivity contribution is -0.136. The van der Waals surface area contributed by atoms with E-state index in [4.69, 9.17) is 4.74 Å². The van der Waals surface area contributed by atoms with Gasteiger partial charge >= 0.3 is 0 Å². The first-order valence-corrected chi connectivity index (χ1v) is 11.5. The Morgan fingerprint density at radius 1 is 1.38 bits per heavy atom. The second-order valence-corrected chi connectivity index (χ2v) is 9.17. The van der Waals surface area contributed by atoms with E-state index in [1.165, 1.54) is 11.1 Å². The molecule has 1 aromatic carbocycles. The fourth-order valence-corrected chi connectivity index (χ4v) is 4.19. The maximum absolute atomic E-state index is 12.9. The van der Waals surface area contributed by atoms with Crippen molar-refractivity contribution in [2.75, 3.05) is 26.7 Å². The van der Waals surface area contributed by atoms with Gasteiger partial charge in [-0.3, -0.25) is 14.4 Å². The Morgan fingerprint density at radius 2 is 2.19 bits per heavy atom. The zero-order valence-corrected chi connectivity index (χ0v) is 19.8. The Bertz CT molecular complexity index is 871. The average Bonchev–Trinajstić information content (AvgIpc) is 3.21. The van der Waals surface area contributed by atoms with E-state index in [9.17, 15) is 9.90 Å². The summed E-state index contributed by atoms with van der Waals surface area (Å²) in [7, 11) is 2.09. The summed E-state index contributed by atoms with van der Waals surface area (Å²) in [6.07, 6.45) is 2.91. The fraction of sp³-hybridized carbons (Fsp3) is 0.625. The summed E-state index contributed by atoms with van der Waals surface area (Å²) in [5.41, 5.74) is 3.31. The van der Waals surface area contributed by atoms with E-state index in [0.717, 1.165) is 18.8 Å². The van der Waals surface area contributed by atoms with Crippen molar-refractivity contribution in [2.45, 2.75) is 65.5 Å². The summed E-state index contributed by atoms with van der Waals surface area (Å²) in [6, 6.07) is 8.30. The van der Waals surface area contributed by atoms with E-state index in [2.05, 4.69) is 60.4 Å². The molecule has 1 amide bonds. The molecule has 0 radical (unpaired) electrons. The van der Waals surface area contributed by atoms with Gasteiger partial charge < -0.3 is 14.7 Å². The number of aryl methyl sites for hydroxylation is 2. The van der Waals surface area contributed by atoms with Crippen LogP contribution in [0.5, 0.6) is 0 Å². The van der Waals surface area contributed by atoms with Crippen molar-refractivity contribution in [3.8, 4) is 0 Å². The number of aromatic nitrogens is 3. The first-order chi connectivity index (χ1) is 15.4. The number of hydrogen-bond donors (Lipinski definition) is 1. The van der Waals surface area contributed by atoms with Gasteiger partial charge in [-0.25, -0.2) is 0 Å². The lowest BCUT2D eigenvalue weighted by atomic mass is 10.0. The van der Waals surface area contributed by atoms with Gasteiger partial charge in [0.05, 0.1) is 31.6 Å². The summed E-state index contributed by atoms with van der Waals surface area (Å²) in [4.78, 5) is 17.0. The summed E-state index contributed by atoms with van der Waals surface area (Å²) in [5, 5.41) is 18.1. The first kappa shape index (κ1) is 24.4. The molecule has 2 aromatic rings. The average molecular weight is 444 g/mol. The lowest BCUT2D eigenvalue weighted by Gasteiger charge is -2.35. The highest BCUT2D eigenvalue weighted by Crippen LogP contribution is 2.18. The van der Waals surface area contributed by atoms with Crippen molar-refractivity contribution in [3.63, 3.8) is 0 Å². The summed E-state index contributed by atoms with van der Waals surface area (Å²) >= 11 is 0. The molecule has 1 N–H and O–H groups in total. The number of hydrogen-bond acceptors (Lipinski definition) is 6. The molecule has 1 aliphatic rings. The van der Waals surface area contributed by atoms with E-state index in [1.807, 2.05) is 18.0 Å². The highest BCUT2D eigenvalue weighted by atomic mass is 16.5. The molecular formula is C24H37N5O3. The van der Waals surface area contributed by atoms with Crippen LogP contribution in [0.3, 0.4) is 0 Å². The fourth-order valence-electron chi connectivity index (χ4n) is 4.19. The van der Waals surface area contributed by atoms with Crippen LogP contribution in [0.4, 0.5) is 0 Å². The maximum atomic E-state index is 12.9. The van der Waals surface area contributed by atoms with Gasteiger partial charge in [0.25, 0.3) is 0 Å². The van der Waals surface area contributed by atoms with Crippen molar-refractivity contribution in [2.24, 2.45) is 5.92 Å². The number of fused-ring (bicyclic) bond motifs is 2. The van der Waals surface area contributed by atoms with E-state index < -0.39 is 0 Å². The monoisotopic (exact) mass is 443 g/mol. The topological polar surface area (TPSA) is 83.7 Å². The Kier molecular flexibility index (Phi) is 8.78. The maximum Gasteiger partial charge on any atom is 0.222 e. The number of benzene rings is 1. The zero-order chi connectivity index (χ0) is 23.1. The standard InChI is InChI=1S/C24H37N5O3/c1-18-7-5-8-21(11-18)13-27(4)15-23-19(2)12-29(20(3)16-30)24(31)9-6-10-28-14-22(17-32-23)25-26-28/h5,7-8,11,14,19-20,23,30H,6,9-10,12-13,15-17H2,1-4H3/t19-,20+,23+/m0/s1. The predicted molar refractivity (Wildman–Crippen MR) is 123 cm³/mol. The molecule has 176 valence electrons. The molecular weight excluding hydrogens is 406 g/mol. The number of carbonyl (C=O) groups is 1. The normalized spacial score (nSPS) is 21.7. The molecule has 0 fully saturated rings. The number of ether oxygens (including phenoxy) is 1. The van der Waals surface area contributed by atoms with Crippen LogP contribution in [0.15, 0.2) is 30.5 Å². The lowest BCUT2D eigenvalue weighted by Crippen LogP contribution is -2.47. The van der Waals surface area contributed by atoms with Crippen molar-refractivity contribution in [3.05, 3.63) is 47.3 Å². The molecule has 2 heterocycles. The Hall–Kier alpha value is -2.29. The van der Waals surface area contributed by atoms with Crippen LogP contribution in [-0.4, -0.2) is 74.7 Å². The molecule has 0 spiro atoms. The van der Waals surface area contributed by atoms with Gasteiger partial charge in [-0.2, -0.15) is 0 Å². The predicted octanol–water partition coefficient (Wildman–Crippen LogP) is 2.24. The molecule has 0 unspecified atom stereocenters. The third-order valence-electron chi connectivity index (χ3n) is 6.07. The smallest absolute Gasteiger partial charge is 0.222 e. The number of likely N-dealkylation sites (N-methyl/N-ethyl adjacent to an activating group) is 1. The summed E-state index contributed by atoms with van der Waals surface area (Å²) in [6.45, 7) is 9.17. The third kappa shape index (κ3) is 6.85. The number of amides is 1. The number of carbonyl (C=O) groups excluding carboxylic acids is 1. The van der Waals surface area contributed by atoms with Gasteiger partial charge in [-0.1, -0.05) is 42.0 Å². The highest BCUT2D eigenvalue weighted by Gasteiger charge is 2.28. The van der Waals surface area contributed by atoms with Crippen molar-refractivity contribution < 1.29 is 14.6 Å². The van der Waals surface area contributed by atoms with Crippen LogP contribution < -0.4 is 0 Å². The van der Waals surface area contributed by atoms with E-state index in [0.29, 0.717) is 32.5 Å². The minimum absolute atomic E-state index is 0.0523. The van der Waals surface area contributed by atoms with Crippen molar-refractivity contribution in [1.29, 1.82) is 0 Å². The molecule has 3 rings (SSSR count). The van der Waals surface area contributed by atoms with E-state index >= 15 is 0 Å². The van der Waals surface area contributed by atoms with Crippen LogP contribution >= 0.6 is 0 Å². The largest absolute Gasteiger partial charge is 0.394 e. The molecule has 0 saturated carbocycles. The molecule has 1 aromatic heterocycles. The van der Waals surface area contributed by atoms with Gasteiger partial charge in [0.15, 0.2) is 0 Å². The SMILES string of the molecule is Cc1cccc(CN(C)C[C@H]2OCc3cn(nn3)CCCC(=O)N([C@H](C)CO)C[C@@H]2C)c1. The van der Waals surface area contributed by atoms with Gasteiger partial charge in [0, 0.05) is 38.5 Å². The van der Waals surface area contributed by atoms with Gasteiger partial charge in [-0.05, 0) is 32.9 Å². The minimum Gasteiger partial charge on any atom is -0.394 e. The second-order valence-electron chi connectivity index (χ2n) is 9.17. The molecule has 32 heavy (non-hydrogen) atoms. The van der Waals surface area contributed by atoms with Crippen LogP contribution in [-0.2, 0) is 29.2 Å². The number of aliphatic hydroxyl groups excluding tert-OH is 1. The number of rotatable bonds is 6. The molecule has 8 nitrogen and oxygen atoms in total. The van der Waals surface area contributed by atoms with Crippen molar-refractivity contribution >= 4 is 5.91 Å². The quantitative estimate of drug-likeness (QED) is 0.737. The molecule has 1 aliphatic heterocycles. The Labute approximate surface area is 191 Å². The van der Waals surface area contributed by atoms with Gasteiger partial charge in [0.1, 0.15) is 5.69 Å². The Balaban J connectivity index is 1.76. The summed E-state index contributed by atoms with van der Waals surface area (Å²) < 4.78 is 8.11. The number of aliphatic hydroxyl groups is 1. The van der Waals surface area contributed by atoms with E-state index in [1.54, 1.807) is 4.68 Å². The highest BCUT2D eigenvalue weighted by molar-refractivity contribution is 5.76. The van der Waals surface area contributed by atoms with Crippen LogP contribution in [0.1, 0.15) is 43.5 Å². The molecule has 0 aliphatic carbocycles. The van der Waals surface area contributed by atoms with Crippen molar-refractivity contribution in [1.82, 2.24) is 24.8 Å². The van der Waals surface area contributed by atoms with Crippen LogP contribution in [0, 0.1) is 12.8 Å². The summed E-state index contributed by atoms with van der Waals surface area (Å²) in [5.74, 6) is 0.147. The number of nitrogens with zero attached hydrogens (tertiary/aromatic N) is 5. The second kappa shape index (κ2) is 11.5. The Morgan fingerprint density at radius 3 is 2.94 bits per heavy atom. The molecule has 2 bridgehead atoms. The molecule has 0 saturated heterocycles. The van der Waals surface area contributed by atoms with Crippen LogP contribution in [0.25, 0.3) is 0 Å². The zero-order valence-electron chi connectivity index (χ0n) is 19.8. The van der Waals surface area contributed by atoms with E-state index in [-0.39, 0.29) is 30.6 Å².